The van der Waals surface area contributed by atoms with E-state index in [1.807, 2.05) is 0 Å². The molecule has 88 valence electrons. The van der Waals surface area contributed by atoms with Gasteiger partial charge in [0.05, 0.1) is 11.4 Å². The zero-order valence-corrected chi connectivity index (χ0v) is 10.5. The van der Waals surface area contributed by atoms with Gasteiger partial charge in [-0.1, -0.05) is 15.9 Å². The number of carbonyl (C=O) groups excluding carboxylic acids is 2. The molecule has 0 saturated heterocycles. The highest BCUT2D eigenvalue weighted by molar-refractivity contribution is 9.09. The molecule has 6 heteroatoms. The summed E-state index contributed by atoms with van der Waals surface area (Å²) in [6.07, 6.45) is 2.41. The number of rotatable bonds is 8. The average molecular weight is 280 g/mol. The highest BCUT2D eigenvalue weighted by atomic mass is 79.9. The molecular formula is C9H18BrN3O2. The zero-order valence-electron chi connectivity index (χ0n) is 8.88. The molecule has 1 unspecified atom stereocenters. The molecule has 0 spiro atoms. The third-order valence-electron chi connectivity index (χ3n) is 2.06. The lowest BCUT2D eigenvalue weighted by molar-refractivity contribution is -0.120. The predicted molar refractivity (Wildman–Crippen MR) is 62.7 cm³/mol. The summed E-state index contributed by atoms with van der Waals surface area (Å²) in [7, 11) is 1.71. The lowest BCUT2D eigenvalue weighted by atomic mass is 10.1. The number of nitrogens with one attached hydrogen (secondary N) is 2. The highest BCUT2D eigenvalue weighted by Gasteiger charge is 2.11. The van der Waals surface area contributed by atoms with Crippen LogP contribution < -0.4 is 16.4 Å². The third kappa shape index (κ3) is 7.33. The van der Waals surface area contributed by atoms with E-state index >= 15 is 0 Å². The molecule has 0 aliphatic carbocycles. The monoisotopic (exact) mass is 279 g/mol. The van der Waals surface area contributed by atoms with Crippen LogP contribution in [0.25, 0.3) is 0 Å². The van der Waals surface area contributed by atoms with Gasteiger partial charge in [0.2, 0.25) is 11.8 Å². The Labute approximate surface area is 98.3 Å². The molecule has 0 aromatic heterocycles. The Morgan fingerprint density at radius 2 is 2.07 bits per heavy atom. The number of unbranched alkanes of at least 4 members (excludes halogenated alkanes) is 1. The first-order chi connectivity index (χ1) is 7.11. The van der Waals surface area contributed by atoms with Gasteiger partial charge in [-0.25, -0.2) is 0 Å². The number of likely N-dealkylation sites (N-methyl/N-ethyl adjacent to an activating group) is 1. The van der Waals surface area contributed by atoms with Crippen LogP contribution in [0.5, 0.6) is 0 Å². The van der Waals surface area contributed by atoms with Crippen LogP contribution in [0, 0.1) is 0 Å². The highest BCUT2D eigenvalue weighted by Crippen LogP contribution is 1.99. The van der Waals surface area contributed by atoms with Crippen molar-refractivity contribution < 1.29 is 9.59 Å². The van der Waals surface area contributed by atoms with E-state index in [0.29, 0.717) is 18.3 Å². The first-order valence-corrected chi connectivity index (χ1v) is 6.03. The van der Waals surface area contributed by atoms with E-state index in [2.05, 4.69) is 26.6 Å². The molecule has 0 radical (unpaired) electrons. The molecule has 0 heterocycles. The summed E-state index contributed by atoms with van der Waals surface area (Å²) in [5.41, 5.74) is 5.15. The van der Waals surface area contributed by atoms with E-state index in [-0.39, 0.29) is 17.9 Å². The standard InChI is InChI=1S/C9H18BrN3O2/c1-12-7(9(11)15)4-2-3-5-13-8(14)6-10/h7,12H,2-6H2,1H3,(H2,11,15)(H,13,14). The number of amides is 2. The van der Waals surface area contributed by atoms with Crippen LogP contribution >= 0.6 is 15.9 Å². The van der Waals surface area contributed by atoms with E-state index in [9.17, 15) is 9.59 Å². The SMILES string of the molecule is CNC(CCCCNC(=O)CBr)C(N)=O. The van der Waals surface area contributed by atoms with Crippen molar-refractivity contribution in [2.75, 3.05) is 18.9 Å². The number of carbonyl (C=O) groups is 2. The summed E-state index contributed by atoms with van der Waals surface area (Å²) in [6, 6.07) is -0.267. The number of primary amides is 1. The van der Waals surface area contributed by atoms with Crippen LogP contribution in [-0.2, 0) is 9.59 Å². The van der Waals surface area contributed by atoms with Crippen LogP contribution in [0.1, 0.15) is 19.3 Å². The second kappa shape index (κ2) is 8.67. The Bertz CT molecular complexity index is 212. The predicted octanol–water partition coefficient (Wildman–Crippen LogP) is -0.259. The Kier molecular flexibility index (Phi) is 8.31. The number of alkyl halides is 1. The van der Waals surface area contributed by atoms with Gasteiger partial charge >= 0.3 is 0 Å². The summed E-state index contributed by atoms with van der Waals surface area (Å²) < 4.78 is 0. The Hall–Kier alpha value is -0.620. The van der Waals surface area contributed by atoms with Crippen molar-refractivity contribution in [3.63, 3.8) is 0 Å². The zero-order chi connectivity index (χ0) is 11.7. The topological polar surface area (TPSA) is 84.2 Å². The molecule has 0 fully saturated rings. The van der Waals surface area contributed by atoms with E-state index in [1.54, 1.807) is 7.05 Å². The maximum Gasteiger partial charge on any atom is 0.234 e. The smallest absolute Gasteiger partial charge is 0.234 e. The Morgan fingerprint density at radius 1 is 1.40 bits per heavy atom. The minimum atomic E-state index is -0.331. The first kappa shape index (κ1) is 14.4. The minimum Gasteiger partial charge on any atom is -0.368 e. The van der Waals surface area contributed by atoms with Crippen LogP contribution in [0.3, 0.4) is 0 Å². The van der Waals surface area contributed by atoms with Crippen molar-refractivity contribution in [2.45, 2.75) is 25.3 Å². The fraction of sp³-hybridized carbons (Fsp3) is 0.778. The van der Waals surface area contributed by atoms with Crippen LogP contribution in [0.4, 0.5) is 0 Å². The van der Waals surface area contributed by atoms with Gasteiger partial charge in [-0.05, 0) is 26.3 Å². The Balaban J connectivity index is 3.45. The van der Waals surface area contributed by atoms with Crippen LogP contribution in [-0.4, -0.2) is 36.8 Å². The molecule has 0 bridgehead atoms. The molecule has 0 aliphatic heterocycles. The molecule has 5 nitrogen and oxygen atoms in total. The largest absolute Gasteiger partial charge is 0.368 e. The number of nitrogens with two attached hydrogens (primary N) is 1. The molecule has 1 atom stereocenters. The maximum absolute atomic E-state index is 10.8. The molecule has 0 rings (SSSR count). The van der Waals surface area contributed by atoms with Gasteiger partial charge in [-0.3, -0.25) is 9.59 Å². The van der Waals surface area contributed by atoms with Crippen LogP contribution in [0.2, 0.25) is 0 Å². The van der Waals surface area contributed by atoms with E-state index in [1.165, 1.54) is 0 Å². The van der Waals surface area contributed by atoms with Gasteiger partial charge in [0, 0.05) is 6.54 Å². The number of hydrogen-bond acceptors (Lipinski definition) is 3. The summed E-state index contributed by atoms with van der Waals surface area (Å²) in [5.74, 6) is -0.350. The average Bonchev–Trinajstić information content (AvgIpc) is 2.22. The van der Waals surface area contributed by atoms with Gasteiger partial charge in [0.1, 0.15) is 0 Å². The quantitative estimate of drug-likeness (QED) is 0.423. The first-order valence-electron chi connectivity index (χ1n) is 4.91. The fourth-order valence-corrected chi connectivity index (χ4v) is 1.38. The summed E-state index contributed by atoms with van der Waals surface area (Å²) in [6.45, 7) is 0.639. The second-order valence-electron chi connectivity index (χ2n) is 3.22. The molecule has 0 saturated carbocycles. The molecule has 0 aliphatic rings. The van der Waals surface area contributed by atoms with E-state index in [0.717, 1.165) is 12.8 Å². The summed E-state index contributed by atoms with van der Waals surface area (Å²) in [4.78, 5) is 21.7. The second-order valence-corrected chi connectivity index (χ2v) is 3.78. The molecular weight excluding hydrogens is 262 g/mol. The van der Waals surface area contributed by atoms with Gasteiger partial charge < -0.3 is 16.4 Å². The van der Waals surface area contributed by atoms with Crippen molar-refractivity contribution in [2.24, 2.45) is 5.73 Å². The lowest BCUT2D eigenvalue weighted by Crippen LogP contribution is -2.39. The molecule has 0 aromatic rings. The summed E-state index contributed by atoms with van der Waals surface area (Å²) >= 11 is 3.05. The Morgan fingerprint density at radius 3 is 2.53 bits per heavy atom. The van der Waals surface area contributed by atoms with Crippen molar-refractivity contribution in [1.29, 1.82) is 0 Å². The van der Waals surface area contributed by atoms with Gasteiger partial charge in [0.25, 0.3) is 0 Å². The fourth-order valence-electron chi connectivity index (χ4n) is 1.18. The van der Waals surface area contributed by atoms with Crippen molar-refractivity contribution in [1.82, 2.24) is 10.6 Å². The van der Waals surface area contributed by atoms with Crippen molar-refractivity contribution >= 4 is 27.7 Å². The van der Waals surface area contributed by atoms with E-state index < -0.39 is 0 Å². The maximum atomic E-state index is 10.8. The third-order valence-corrected chi connectivity index (χ3v) is 2.56. The van der Waals surface area contributed by atoms with Gasteiger partial charge in [0.15, 0.2) is 0 Å². The van der Waals surface area contributed by atoms with Crippen molar-refractivity contribution in [3.8, 4) is 0 Å². The van der Waals surface area contributed by atoms with Crippen molar-refractivity contribution in [3.05, 3.63) is 0 Å². The van der Waals surface area contributed by atoms with Gasteiger partial charge in [-0.2, -0.15) is 0 Å². The number of hydrogen-bond donors (Lipinski definition) is 3. The molecule has 4 N–H and O–H groups in total. The lowest BCUT2D eigenvalue weighted by Gasteiger charge is -2.11. The molecule has 15 heavy (non-hydrogen) atoms. The number of halogens is 1. The molecule has 0 aromatic carbocycles. The molecule has 2 amide bonds. The minimum absolute atomic E-state index is 0.0185. The van der Waals surface area contributed by atoms with Crippen LogP contribution in [0.15, 0.2) is 0 Å². The normalized spacial score (nSPS) is 12.1. The van der Waals surface area contributed by atoms with Gasteiger partial charge in [-0.15, -0.1) is 0 Å². The summed E-state index contributed by atoms with van der Waals surface area (Å²) in [5, 5.41) is 5.90. The van der Waals surface area contributed by atoms with E-state index in [4.69, 9.17) is 5.73 Å².